The highest BCUT2D eigenvalue weighted by Gasteiger charge is 2.44. The minimum atomic E-state index is -0.994. The topological polar surface area (TPSA) is 139 Å². The third kappa shape index (κ3) is 4.51. The number of hydrogen-bond donors (Lipinski definition) is 2. The van der Waals surface area contributed by atoms with E-state index in [4.69, 9.17) is 17.3 Å². The fraction of sp³-hybridized carbons (Fsp3) is 0.417. The number of halogens is 1. The number of nitrogens with zero attached hydrogens (tertiary/aromatic N) is 4. The molecule has 0 bridgehead atoms. The molecule has 1 saturated heterocycles. The van der Waals surface area contributed by atoms with Gasteiger partial charge in [-0.1, -0.05) is 17.7 Å². The summed E-state index contributed by atoms with van der Waals surface area (Å²) in [6.45, 7) is 0.410. The van der Waals surface area contributed by atoms with Gasteiger partial charge in [-0.2, -0.15) is 0 Å². The van der Waals surface area contributed by atoms with Crippen LogP contribution in [0, 0.1) is 0 Å². The summed E-state index contributed by atoms with van der Waals surface area (Å²) in [6.07, 6.45) is 5.33. The summed E-state index contributed by atoms with van der Waals surface area (Å²) < 4.78 is 0. The number of amides is 4. The second kappa shape index (κ2) is 9.35. The van der Waals surface area contributed by atoms with E-state index in [9.17, 15) is 19.2 Å². The molecule has 35 heavy (non-hydrogen) atoms. The monoisotopic (exact) mass is 496 g/mol. The van der Waals surface area contributed by atoms with Crippen LogP contribution in [0.5, 0.6) is 0 Å². The van der Waals surface area contributed by atoms with Gasteiger partial charge in [-0.3, -0.25) is 29.4 Å². The van der Waals surface area contributed by atoms with Gasteiger partial charge in [0.05, 0.1) is 11.1 Å². The van der Waals surface area contributed by atoms with Crippen molar-refractivity contribution in [2.45, 2.75) is 63.2 Å². The van der Waals surface area contributed by atoms with Crippen molar-refractivity contribution < 1.29 is 19.2 Å². The molecule has 4 amide bonds. The molecule has 3 aliphatic rings. The Kier molecular flexibility index (Phi) is 6.24. The Balaban J connectivity index is 1.42. The largest absolute Gasteiger partial charge is 0.333 e. The zero-order valence-corrected chi connectivity index (χ0v) is 19.7. The van der Waals surface area contributed by atoms with Gasteiger partial charge in [0.25, 0.3) is 11.8 Å². The number of carbonyl (C=O) groups is 4. The standard InChI is InChI=1S/C24H25ClN6O4/c25-19-9-10-27-24(28-19)30(15-4-2-14(26)3-5-15)12-13-1-6-16-17(11-13)23(35)31(22(16)34)18-7-8-20(32)29-21(18)33/h1,6,9-11,14-15,18H,2-5,7-8,12,26H2,(H,29,32,33). The van der Waals surface area contributed by atoms with E-state index in [1.54, 1.807) is 30.5 Å². The fourth-order valence-corrected chi connectivity index (χ4v) is 5.19. The average molecular weight is 497 g/mol. The van der Waals surface area contributed by atoms with Gasteiger partial charge in [0.1, 0.15) is 11.2 Å². The van der Waals surface area contributed by atoms with Crippen LogP contribution in [0.15, 0.2) is 30.5 Å². The van der Waals surface area contributed by atoms with E-state index in [0.29, 0.717) is 17.6 Å². The smallest absolute Gasteiger partial charge is 0.262 e. The third-order valence-corrected chi connectivity index (χ3v) is 7.12. The Labute approximate surface area is 206 Å². The van der Waals surface area contributed by atoms with Crippen LogP contribution in [0.25, 0.3) is 0 Å². The number of benzene rings is 1. The molecule has 5 rings (SSSR count). The lowest BCUT2D eigenvalue weighted by Gasteiger charge is -2.36. The highest BCUT2D eigenvalue weighted by Crippen LogP contribution is 2.31. The van der Waals surface area contributed by atoms with Crippen molar-refractivity contribution in [2.75, 3.05) is 4.90 Å². The Morgan fingerprint density at radius 2 is 1.77 bits per heavy atom. The van der Waals surface area contributed by atoms with E-state index >= 15 is 0 Å². The van der Waals surface area contributed by atoms with Crippen LogP contribution in [-0.2, 0) is 16.1 Å². The molecule has 1 unspecified atom stereocenters. The molecule has 182 valence electrons. The van der Waals surface area contributed by atoms with Gasteiger partial charge in [0.2, 0.25) is 17.8 Å². The average Bonchev–Trinajstić information content (AvgIpc) is 3.08. The lowest BCUT2D eigenvalue weighted by molar-refractivity contribution is -0.136. The van der Waals surface area contributed by atoms with Crippen molar-refractivity contribution in [1.29, 1.82) is 0 Å². The Morgan fingerprint density at radius 3 is 2.49 bits per heavy atom. The Bertz CT molecular complexity index is 1210. The molecule has 1 aromatic carbocycles. The van der Waals surface area contributed by atoms with Gasteiger partial charge in [-0.25, -0.2) is 9.97 Å². The van der Waals surface area contributed by atoms with Crippen molar-refractivity contribution in [3.05, 3.63) is 52.3 Å². The summed E-state index contributed by atoms with van der Waals surface area (Å²) in [5.74, 6) is -1.60. The maximum absolute atomic E-state index is 13.2. The molecule has 1 saturated carbocycles. The van der Waals surface area contributed by atoms with Crippen molar-refractivity contribution in [3.63, 3.8) is 0 Å². The van der Waals surface area contributed by atoms with Crippen molar-refractivity contribution in [3.8, 4) is 0 Å². The number of hydrogen-bond acceptors (Lipinski definition) is 8. The number of imide groups is 2. The lowest BCUT2D eigenvalue weighted by Crippen LogP contribution is -2.54. The predicted molar refractivity (Wildman–Crippen MR) is 127 cm³/mol. The molecule has 10 nitrogen and oxygen atoms in total. The first-order valence-corrected chi connectivity index (χ1v) is 12.0. The van der Waals surface area contributed by atoms with Gasteiger partial charge in [0.15, 0.2) is 0 Å². The summed E-state index contributed by atoms with van der Waals surface area (Å²) >= 11 is 6.14. The minimum Gasteiger partial charge on any atom is -0.333 e. The zero-order valence-electron chi connectivity index (χ0n) is 18.9. The van der Waals surface area contributed by atoms with E-state index in [1.165, 1.54) is 0 Å². The molecule has 2 aromatic rings. The first-order valence-electron chi connectivity index (χ1n) is 11.7. The van der Waals surface area contributed by atoms with Crippen molar-refractivity contribution >= 4 is 41.2 Å². The van der Waals surface area contributed by atoms with E-state index in [2.05, 4.69) is 20.2 Å². The zero-order chi connectivity index (χ0) is 24.7. The fourth-order valence-electron chi connectivity index (χ4n) is 5.06. The molecule has 0 spiro atoms. The molecular weight excluding hydrogens is 472 g/mol. The highest BCUT2D eigenvalue weighted by atomic mass is 35.5. The summed E-state index contributed by atoms with van der Waals surface area (Å²) in [4.78, 5) is 61.8. The van der Waals surface area contributed by atoms with E-state index in [-0.39, 0.29) is 36.1 Å². The summed E-state index contributed by atoms with van der Waals surface area (Å²) in [6, 6.07) is 6.05. The molecule has 3 heterocycles. The Hall–Kier alpha value is -3.37. The first kappa shape index (κ1) is 23.4. The predicted octanol–water partition coefficient (Wildman–Crippen LogP) is 1.81. The van der Waals surface area contributed by atoms with Crippen LogP contribution < -0.4 is 16.0 Å². The molecule has 1 aromatic heterocycles. The molecular formula is C24H25ClN6O4. The number of anilines is 1. The van der Waals surface area contributed by atoms with Gasteiger partial charge >= 0.3 is 0 Å². The van der Waals surface area contributed by atoms with Crippen LogP contribution in [0.2, 0.25) is 5.15 Å². The molecule has 1 aliphatic carbocycles. The number of carbonyl (C=O) groups excluding carboxylic acids is 4. The molecule has 2 aliphatic heterocycles. The van der Waals surface area contributed by atoms with Crippen LogP contribution in [0.4, 0.5) is 5.95 Å². The van der Waals surface area contributed by atoms with Gasteiger partial charge in [-0.05, 0) is 55.9 Å². The molecule has 1 atom stereocenters. The second-order valence-electron chi connectivity index (χ2n) is 9.20. The number of nitrogens with two attached hydrogens (primary N) is 1. The van der Waals surface area contributed by atoms with Crippen molar-refractivity contribution in [1.82, 2.24) is 20.2 Å². The Morgan fingerprint density at radius 1 is 1.03 bits per heavy atom. The summed E-state index contributed by atoms with van der Waals surface area (Å²) in [7, 11) is 0. The number of aromatic nitrogens is 2. The van der Waals surface area contributed by atoms with E-state index in [1.807, 2.05) is 0 Å². The van der Waals surface area contributed by atoms with E-state index in [0.717, 1.165) is 36.1 Å². The molecule has 0 radical (unpaired) electrons. The van der Waals surface area contributed by atoms with Crippen LogP contribution >= 0.6 is 11.6 Å². The quantitative estimate of drug-likeness (QED) is 0.472. The normalized spacial score (nSPS) is 24.4. The maximum atomic E-state index is 13.2. The van der Waals surface area contributed by atoms with Gasteiger partial charge < -0.3 is 10.6 Å². The summed E-state index contributed by atoms with van der Waals surface area (Å²) in [5, 5.41) is 2.54. The van der Waals surface area contributed by atoms with E-state index < -0.39 is 29.7 Å². The van der Waals surface area contributed by atoms with Crippen LogP contribution in [0.3, 0.4) is 0 Å². The van der Waals surface area contributed by atoms with Crippen molar-refractivity contribution in [2.24, 2.45) is 5.73 Å². The highest BCUT2D eigenvalue weighted by molar-refractivity contribution is 6.29. The second-order valence-corrected chi connectivity index (χ2v) is 9.59. The number of rotatable bonds is 5. The van der Waals surface area contributed by atoms with Gasteiger partial charge in [-0.15, -0.1) is 0 Å². The number of piperidine rings is 1. The number of nitrogens with one attached hydrogen (secondary N) is 1. The summed E-state index contributed by atoms with van der Waals surface area (Å²) in [5.41, 5.74) is 7.39. The number of fused-ring (bicyclic) bond motifs is 1. The van der Waals surface area contributed by atoms with Crippen LogP contribution in [0.1, 0.15) is 64.8 Å². The molecule has 2 fully saturated rings. The van der Waals surface area contributed by atoms with Gasteiger partial charge in [0, 0.05) is 31.2 Å². The van der Waals surface area contributed by atoms with Crippen LogP contribution in [-0.4, -0.2) is 56.6 Å². The molecule has 11 heteroatoms. The third-order valence-electron chi connectivity index (χ3n) is 6.90. The SMILES string of the molecule is NC1CCC(N(Cc2ccc3c(c2)C(=O)N(C2CCC(=O)NC2=O)C3=O)c2nccc(Cl)n2)CC1. The maximum Gasteiger partial charge on any atom is 0.262 e. The molecule has 3 N–H and O–H groups in total. The minimum absolute atomic E-state index is 0.0781. The first-order chi connectivity index (χ1) is 16.8. The lowest BCUT2D eigenvalue weighted by atomic mass is 9.90.